The lowest BCUT2D eigenvalue weighted by Gasteiger charge is -2.22. The van der Waals surface area contributed by atoms with Crippen molar-refractivity contribution in [3.63, 3.8) is 0 Å². The Labute approximate surface area is 141 Å². The zero-order valence-electron chi connectivity index (χ0n) is 13.5. The molecule has 0 fully saturated rings. The maximum Gasteiger partial charge on any atom is 0.177 e. The van der Waals surface area contributed by atoms with E-state index in [1.54, 1.807) is 24.1 Å². The van der Waals surface area contributed by atoms with Crippen LogP contribution in [-0.2, 0) is 26.2 Å². The quantitative estimate of drug-likeness (QED) is 0.806. The van der Waals surface area contributed by atoms with Gasteiger partial charge in [-0.3, -0.25) is 0 Å². The van der Waals surface area contributed by atoms with Gasteiger partial charge in [-0.05, 0) is 35.9 Å². The highest BCUT2D eigenvalue weighted by atomic mass is 32.2. The van der Waals surface area contributed by atoms with Crippen molar-refractivity contribution < 1.29 is 21.2 Å². The highest BCUT2D eigenvalue weighted by molar-refractivity contribution is 7.91. The molecule has 0 unspecified atom stereocenters. The molecule has 0 heterocycles. The second-order valence-electron chi connectivity index (χ2n) is 5.66. The van der Waals surface area contributed by atoms with Gasteiger partial charge in [-0.2, -0.15) is 0 Å². The summed E-state index contributed by atoms with van der Waals surface area (Å²) >= 11 is 0. The van der Waals surface area contributed by atoms with Crippen molar-refractivity contribution in [3.05, 3.63) is 53.8 Å². The first kappa shape index (κ1) is 18.4. The maximum absolute atomic E-state index is 13.0. The van der Waals surface area contributed by atoms with E-state index >= 15 is 0 Å². The van der Waals surface area contributed by atoms with Gasteiger partial charge in [-0.25, -0.2) is 21.2 Å². The molecule has 0 amide bonds. The molecule has 0 bridgehead atoms. The molecule has 0 aliphatic rings. The summed E-state index contributed by atoms with van der Waals surface area (Å²) in [6.07, 6.45) is 2.06. The third-order valence-corrected chi connectivity index (χ3v) is 5.74. The topological polar surface area (TPSA) is 71.5 Å². The maximum atomic E-state index is 13.0. The number of sulfone groups is 2. The highest BCUT2D eigenvalue weighted by Gasteiger charge is 2.20. The monoisotopic (exact) mass is 371 g/mol. The van der Waals surface area contributed by atoms with Crippen LogP contribution in [0.2, 0.25) is 0 Å². The fourth-order valence-electron chi connectivity index (χ4n) is 2.29. The molecule has 2 rings (SSSR count). The first-order valence-electron chi connectivity index (χ1n) is 6.98. The fourth-order valence-corrected chi connectivity index (χ4v) is 3.95. The minimum Gasteiger partial charge on any atom is -0.369 e. The normalized spacial score (nSPS) is 12.2. The third kappa shape index (κ3) is 4.33. The lowest BCUT2D eigenvalue weighted by atomic mass is 10.2. The Hall–Kier alpha value is -1.93. The van der Waals surface area contributed by atoms with Crippen LogP contribution in [0.5, 0.6) is 0 Å². The molecular formula is C16H18FNO4S2. The predicted octanol–water partition coefficient (Wildman–Crippen LogP) is 2.27. The minimum absolute atomic E-state index is 0.0538. The molecule has 0 saturated carbocycles. The van der Waals surface area contributed by atoms with Gasteiger partial charge in [-0.1, -0.05) is 12.1 Å². The van der Waals surface area contributed by atoms with Crippen LogP contribution in [0.3, 0.4) is 0 Å². The number of benzene rings is 2. The van der Waals surface area contributed by atoms with Gasteiger partial charge in [0.1, 0.15) is 5.82 Å². The largest absolute Gasteiger partial charge is 0.369 e. The summed E-state index contributed by atoms with van der Waals surface area (Å²) in [4.78, 5) is 1.56. The van der Waals surface area contributed by atoms with Gasteiger partial charge in [0.05, 0.1) is 15.5 Å². The summed E-state index contributed by atoms with van der Waals surface area (Å²) in [5.41, 5.74) is 1.18. The standard InChI is InChI=1S/C16H18FNO4S2/c1-18(11-12-4-6-13(17)7-5-12)15-9-8-14(23(2,19)20)10-16(15)24(3,21)22/h4-10H,11H2,1-3H3. The number of nitrogens with zero attached hydrogens (tertiary/aromatic N) is 1. The number of anilines is 1. The highest BCUT2D eigenvalue weighted by Crippen LogP contribution is 2.28. The van der Waals surface area contributed by atoms with Crippen molar-refractivity contribution >= 4 is 25.4 Å². The van der Waals surface area contributed by atoms with Crippen LogP contribution < -0.4 is 4.90 Å². The van der Waals surface area contributed by atoms with E-state index in [2.05, 4.69) is 0 Å². The Morgan fingerprint density at radius 1 is 0.917 bits per heavy atom. The van der Waals surface area contributed by atoms with Crippen LogP contribution in [0.4, 0.5) is 10.1 Å². The van der Waals surface area contributed by atoms with Crippen molar-refractivity contribution in [2.45, 2.75) is 16.3 Å². The van der Waals surface area contributed by atoms with Crippen molar-refractivity contribution in [3.8, 4) is 0 Å². The average Bonchev–Trinajstić information content (AvgIpc) is 2.47. The lowest BCUT2D eigenvalue weighted by Crippen LogP contribution is -2.19. The molecule has 24 heavy (non-hydrogen) atoms. The van der Waals surface area contributed by atoms with E-state index in [-0.39, 0.29) is 15.6 Å². The van der Waals surface area contributed by atoms with Crippen molar-refractivity contribution in [1.29, 1.82) is 0 Å². The van der Waals surface area contributed by atoms with Crippen molar-refractivity contribution in [2.75, 3.05) is 24.5 Å². The Morgan fingerprint density at radius 3 is 2.00 bits per heavy atom. The molecule has 0 N–H and O–H groups in total. The number of halogens is 1. The second kappa shape index (κ2) is 6.52. The predicted molar refractivity (Wildman–Crippen MR) is 91.2 cm³/mol. The third-order valence-electron chi connectivity index (χ3n) is 3.50. The number of rotatable bonds is 5. The van der Waals surface area contributed by atoms with Gasteiger partial charge >= 0.3 is 0 Å². The summed E-state index contributed by atoms with van der Waals surface area (Å²) in [6, 6.07) is 9.88. The Kier molecular flexibility index (Phi) is 5.00. The molecule has 0 atom stereocenters. The van der Waals surface area contributed by atoms with Crippen LogP contribution in [0.15, 0.2) is 52.3 Å². The van der Waals surface area contributed by atoms with E-state index in [1.807, 2.05) is 0 Å². The van der Waals surface area contributed by atoms with E-state index in [0.717, 1.165) is 18.1 Å². The first-order chi connectivity index (χ1) is 11.0. The van der Waals surface area contributed by atoms with Crippen LogP contribution in [0, 0.1) is 5.82 Å². The molecule has 0 aromatic heterocycles. The molecule has 0 saturated heterocycles. The molecule has 0 radical (unpaired) electrons. The number of hydrogen-bond donors (Lipinski definition) is 0. The molecule has 8 heteroatoms. The number of hydrogen-bond acceptors (Lipinski definition) is 5. The van der Waals surface area contributed by atoms with Crippen molar-refractivity contribution in [1.82, 2.24) is 0 Å². The summed E-state index contributed by atoms with van der Waals surface area (Å²) in [7, 11) is -5.45. The van der Waals surface area contributed by atoms with E-state index in [9.17, 15) is 21.2 Å². The van der Waals surface area contributed by atoms with Gasteiger partial charge in [-0.15, -0.1) is 0 Å². The molecule has 5 nitrogen and oxygen atoms in total. The smallest absolute Gasteiger partial charge is 0.177 e. The minimum atomic E-state index is -3.63. The molecule has 2 aromatic rings. The van der Waals surface area contributed by atoms with Gasteiger partial charge in [0.25, 0.3) is 0 Å². The fraction of sp³-hybridized carbons (Fsp3) is 0.250. The SMILES string of the molecule is CN(Cc1ccc(F)cc1)c1ccc(S(C)(=O)=O)cc1S(C)(=O)=O. The summed E-state index contributed by atoms with van der Waals surface area (Å²) < 4.78 is 60.4. The zero-order chi connectivity index (χ0) is 18.1. The summed E-state index contributed by atoms with van der Waals surface area (Å²) in [5.74, 6) is -0.351. The van der Waals surface area contributed by atoms with Gasteiger partial charge in [0.15, 0.2) is 19.7 Å². The molecule has 2 aromatic carbocycles. The van der Waals surface area contributed by atoms with Gasteiger partial charge in [0.2, 0.25) is 0 Å². The molecular weight excluding hydrogens is 353 g/mol. The molecule has 0 spiro atoms. The van der Waals surface area contributed by atoms with Crippen molar-refractivity contribution in [2.24, 2.45) is 0 Å². The summed E-state index contributed by atoms with van der Waals surface area (Å²) in [6.45, 7) is 0.348. The first-order valence-corrected chi connectivity index (χ1v) is 10.8. The van der Waals surface area contributed by atoms with Crippen LogP contribution in [-0.4, -0.2) is 36.4 Å². The van der Waals surface area contributed by atoms with Crippen LogP contribution in [0.25, 0.3) is 0 Å². The van der Waals surface area contributed by atoms with E-state index in [0.29, 0.717) is 12.2 Å². The Bertz CT molecular complexity index is 952. The van der Waals surface area contributed by atoms with E-state index in [4.69, 9.17) is 0 Å². The van der Waals surface area contributed by atoms with Crippen LogP contribution >= 0.6 is 0 Å². The second-order valence-corrected chi connectivity index (χ2v) is 9.66. The molecule has 0 aliphatic carbocycles. The van der Waals surface area contributed by atoms with Crippen LogP contribution in [0.1, 0.15) is 5.56 Å². The van der Waals surface area contributed by atoms with Gasteiger partial charge in [0, 0.05) is 26.1 Å². The lowest BCUT2D eigenvalue weighted by molar-refractivity contribution is 0.600. The van der Waals surface area contributed by atoms with E-state index < -0.39 is 19.7 Å². The summed E-state index contributed by atoms with van der Waals surface area (Å²) in [5, 5.41) is 0. The average molecular weight is 371 g/mol. The van der Waals surface area contributed by atoms with Gasteiger partial charge < -0.3 is 4.90 Å². The Morgan fingerprint density at radius 2 is 1.50 bits per heavy atom. The molecule has 130 valence electrons. The zero-order valence-corrected chi connectivity index (χ0v) is 15.2. The Balaban J connectivity index is 2.47. The van der Waals surface area contributed by atoms with E-state index in [1.165, 1.54) is 30.3 Å². The molecule has 0 aliphatic heterocycles.